The fourth-order valence-corrected chi connectivity index (χ4v) is 2.97. The van der Waals surface area contributed by atoms with Gasteiger partial charge in [-0.25, -0.2) is 13.4 Å². The number of rotatable bonds is 5. The van der Waals surface area contributed by atoms with Crippen LogP contribution in [-0.4, -0.2) is 29.3 Å². The minimum Gasteiger partial charge on any atom is -0.336 e. The van der Waals surface area contributed by atoms with Crippen LogP contribution in [0.25, 0.3) is 0 Å². The molecule has 21 heavy (non-hydrogen) atoms. The lowest BCUT2D eigenvalue weighted by Crippen LogP contribution is -2.26. The lowest BCUT2D eigenvalue weighted by Gasteiger charge is -2.15. The van der Waals surface area contributed by atoms with E-state index in [4.69, 9.17) is 5.26 Å². The van der Waals surface area contributed by atoms with Crippen LogP contribution in [0.2, 0.25) is 0 Å². The Balaban J connectivity index is 2.22. The molecular weight excluding hydrogens is 288 g/mol. The highest BCUT2D eigenvalue weighted by atomic mass is 32.2. The Morgan fingerprint density at radius 3 is 2.81 bits per heavy atom. The predicted molar refractivity (Wildman–Crippen MR) is 77.7 cm³/mol. The normalized spacial score (nSPS) is 11.5. The Kier molecular flexibility index (Phi) is 4.40. The van der Waals surface area contributed by atoms with Crippen molar-refractivity contribution in [1.29, 1.82) is 5.26 Å². The van der Waals surface area contributed by atoms with Gasteiger partial charge in [0.2, 0.25) is 0 Å². The lowest BCUT2D eigenvalue weighted by atomic mass is 10.1. The smallest absolute Gasteiger partial charge is 0.262 e. The van der Waals surface area contributed by atoms with E-state index in [-0.39, 0.29) is 11.6 Å². The first-order chi connectivity index (χ1) is 9.97. The highest BCUT2D eigenvalue weighted by Crippen LogP contribution is 2.15. The fraction of sp³-hybridized carbons (Fsp3) is 0.286. The number of nitrogens with zero attached hydrogens (tertiary/aromatic N) is 4. The molecule has 0 fully saturated rings. The summed E-state index contributed by atoms with van der Waals surface area (Å²) in [4.78, 5) is 3.94. The molecule has 7 heteroatoms. The summed E-state index contributed by atoms with van der Waals surface area (Å²) >= 11 is 0. The number of benzene rings is 1. The van der Waals surface area contributed by atoms with E-state index in [0.717, 1.165) is 5.56 Å². The van der Waals surface area contributed by atoms with Gasteiger partial charge in [-0.05, 0) is 24.6 Å². The molecule has 2 rings (SSSR count). The van der Waals surface area contributed by atoms with Gasteiger partial charge in [-0.3, -0.25) is 0 Å². The summed E-state index contributed by atoms with van der Waals surface area (Å²) in [6, 6.07) is 8.92. The molecule has 0 aliphatic rings. The Hall–Kier alpha value is -2.17. The zero-order chi connectivity index (χ0) is 15.5. The van der Waals surface area contributed by atoms with Crippen molar-refractivity contribution in [2.45, 2.75) is 25.0 Å². The van der Waals surface area contributed by atoms with E-state index >= 15 is 0 Å². The van der Waals surface area contributed by atoms with Gasteiger partial charge < -0.3 is 4.57 Å². The molecule has 0 aliphatic heterocycles. The van der Waals surface area contributed by atoms with Gasteiger partial charge in [0, 0.05) is 26.3 Å². The maximum Gasteiger partial charge on any atom is 0.262 e. The molecule has 0 N–H and O–H groups in total. The zero-order valence-corrected chi connectivity index (χ0v) is 12.7. The second kappa shape index (κ2) is 6.08. The van der Waals surface area contributed by atoms with Gasteiger partial charge >= 0.3 is 0 Å². The van der Waals surface area contributed by atoms with Gasteiger partial charge in [0.25, 0.3) is 10.0 Å². The number of nitriles is 1. The molecular formula is C14H16N4O2S. The SMILES string of the molecule is CCn1cnc(S(=O)(=O)N(C)Cc2cccc(C#N)c2)c1. The summed E-state index contributed by atoms with van der Waals surface area (Å²) in [5.41, 5.74) is 1.27. The number of hydrogen-bond acceptors (Lipinski definition) is 4. The molecule has 0 spiro atoms. The van der Waals surface area contributed by atoms with Crippen LogP contribution in [0.5, 0.6) is 0 Å². The Bertz CT molecular complexity index is 774. The Morgan fingerprint density at radius 1 is 1.43 bits per heavy atom. The van der Waals surface area contributed by atoms with Crippen molar-refractivity contribution in [2.75, 3.05) is 7.05 Å². The van der Waals surface area contributed by atoms with Crippen molar-refractivity contribution in [3.63, 3.8) is 0 Å². The zero-order valence-electron chi connectivity index (χ0n) is 11.9. The molecule has 0 saturated carbocycles. The molecule has 0 aliphatic carbocycles. The third-order valence-corrected chi connectivity index (χ3v) is 4.80. The minimum atomic E-state index is -3.63. The van der Waals surface area contributed by atoms with Gasteiger partial charge in [-0.2, -0.15) is 9.57 Å². The molecule has 0 radical (unpaired) electrons. The van der Waals surface area contributed by atoms with Gasteiger partial charge in [0.05, 0.1) is 18.0 Å². The fourth-order valence-electron chi connectivity index (χ4n) is 1.89. The summed E-state index contributed by atoms with van der Waals surface area (Å²) < 4.78 is 27.7. The van der Waals surface area contributed by atoms with Gasteiger partial charge in [-0.1, -0.05) is 12.1 Å². The first kappa shape index (κ1) is 15.2. The summed E-state index contributed by atoms with van der Waals surface area (Å²) in [6.07, 6.45) is 3.01. The van der Waals surface area contributed by atoms with E-state index in [0.29, 0.717) is 12.1 Å². The third-order valence-electron chi connectivity index (χ3n) is 3.11. The van der Waals surface area contributed by atoms with Crippen LogP contribution in [0.15, 0.2) is 41.8 Å². The van der Waals surface area contributed by atoms with Crippen molar-refractivity contribution in [2.24, 2.45) is 0 Å². The third kappa shape index (κ3) is 3.29. The molecule has 1 heterocycles. The lowest BCUT2D eigenvalue weighted by molar-refractivity contribution is 0.464. The van der Waals surface area contributed by atoms with Crippen molar-refractivity contribution in [3.8, 4) is 6.07 Å². The molecule has 1 aromatic heterocycles. The van der Waals surface area contributed by atoms with Crippen LogP contribution >= 0.6 is 0 Å². The molecule has 0 saturated heterocycles. The second-order valence-corrected chi connectivity index (χ2v) is 6.61. The van der Waals surface area contributed by atoms with E-state index in [1.807, 2.05) is 13.0 Å². The Labute approximate surface area is 124 Å². The largest absolute Gasteiger partial charge is 0.336 e. The van der Waals surface area contributed by atoms with Crippen molar-refractivity contribution < 1.29 is 8.42 Å². The highest BCUT2D eigenvalue weighted by molar-refractivity contribution is 7.89. The van der Waals surface area contributed by atoms with Crippen molar-refractivity contribution in [3.05, 3.63) is 47.9 Å². The average Bonchev–Trinajstić information content (AvgIpc) is 2.97. The van der Waals surface area contributed by atoms with Crippen LogP contribution in [-0.2, 0) is 23.1 Å². The quantitative estimate of drug-likeness (QED) is 0.840. The molecule has 0 atom stereocenters. The van der Waals surface area contributed by atoms with E-state index < -0.39 is 10.0 Å². The summed E-state index contributed by atoms with van der Waals surface area (Å²) in [6.45, 7) is 2.77. The van der Waals surface area contributed by atoms with Crippen molar-refractivity contribution >= 4 is 10.0 Å². The number of sulfonamides is 1. The van der Waals surface area contributed by atoms with Crippen LogP contribution in [0.1, 0.15) is 18.1 Å². The molecule has 0 amide bonds. The number of imidazole rings is 1. The van der Waals surface area contributed by atoms with Crippen LogP contribution < -0.4 is 0 Å². The summed E-state index contributed by atoms with van der Waals surface area (Å²) in [7, 11) is -2.13. The molecule has 0 bridgehead atoms. The van der Waals surface area contributed by atoms with Crippen LogP contribution in [0.4, 0.5) is 0 Å². The molecule has 2 aromatic rings. The number of aryl methyl sites for hydroxylation is 1. The monoisotopic (exact) mass is 304 g/mol. The van der Waals surface area contributed by atoms with E-state index in [1.165, 1.54) is 23.9 Å². The first-order valence-electron chi connectivity index (χ1n) is 6.44. The standard InChI is InChI=1S/C14H16N4O2S/c1-3-18-10-14(16-11-18)21(19,20)17(2)9-13-6-4-5-12(7-13)8-15/h4-7,10-11H,3,9H2,1-2H3. The van der Waals surface area contributed by atoms with Crippen LogP contribution in [0, 0.1) is 11.3 Å². The maximum atomic E-state index is 12.4. The van der Waals surface area contributed by atoms with E-state index in [9.17, 15) is 8.42 Å². The number of aromatic nitrogens is 2. The summed E-state index contributed by atoms with van der Waals surface area (Å²) in [5.74, 6) is 0. The molecule has 110 valence electrons. The molecule has 6 nitrogen and oxygen atoms in total. The van der Waals surface area contributed by atoms with Gasteiger partial charge in [0.1, 0.15) is 0 Å². The maximum absolute atomic E-state index is 12.4. The molecule has 0 unspecified atom stereocenters. The predicted octanol–water partition coefficient (Wildman–Crippen LogP) is 1.60. The van der Waals surface area contributed by atoms with Gasteiger partial charge in [0.15, 0.2) is 5.03 Å². The summed E-state index contributed by atoms with van der Waals surface area (Å²) in [5, 5.41) is 8.90. The molecule has 1 aromatic carbocycles. The number of hydrogen-bond donors (Lipinski definition) is 0. The highest BCUT2D eigenvalue weighted by Gasteiger charge is 2.23. The van der Waals surface area contributed by atoms with Crippen molar-refractivity contribution in [1.82, 2.24) is 13.9 Å². The van der Waals surface area contributed by atoms with E-state index in [1.54, 1.807) is 28.8 Å². The first-order valence-corrected chi connectivity index (χ1v) is 7.88. The topological polar surface area (TPSA) is 79.0 Å². The Morgan fingerprint density at radius 2 is 2.19 bits per heavy atom. The second-order valence-electron chi connectivity index (χ2n) is 4.62. The van der Waals surface area contributed by atoms with E-state index in [2.05, 4.69) is 4.98 Å². The average molecular weight is 304 g/mol. The van der Waals surface area contributed by atoms with Gasteiger partial charge in [-0.15, -0.1) is 0 Å². The van der Waals surface area contributed by atoms with Crippen LogP contribution in [0.3, 0.4) is 0 Å². The minimum absolute atomic E-state index is 0.0308.